The van der Waals surface area contributed by atoms with Gasteiger partial charge in [0.05, 0.1) is 19.7 Å². The van der Waals surface area contributed by atoms with E-state index in [-0.39, 0.29) is 5.91 Å². The SMILES string of the molecule is CCc1cc(OC)c(OC)cc1C(=O)N1CCN(c2ccc3ccccc3n2)CC1. The number of fused-ring (bicyclic) bond motifs is 1. The van der Waals surface area contributed by atoms with Crippen LogP contribution in [0.5, 0.6) is 11.5 Å². The minimum atomic E-state index is 0.0407. The number of methoxy groups -OCH3 is 2. The Bertz CT molecular complexity index is 1060. The van der Waals surface area contributed by atoms with E-state index in [0.717, 1.165) is 41.8 Å². The maximum absolute atomic E-state index is 13.3. The van der Waals surface area contributed by atoms with Gasteiger partial charge in [-0.3, -0.25) is 4.79 Å². The van der Waals surface area contributed by atoms with Crippen LogP contribution in [0.25, 0.3) is 10.9 Å². The molecule has 156 valence electrons. The molecule has 0 aliphatic carbocycles. The van der Waals surface area contributed by atoms with Gasteiger partial charge in [-0.2, -0.15) is 0 Å². The Morgan fingerprint density at radius 1 is 0.967 bits per heavy atom. The number of hydrogen-bond acceptors (Lipinski definition) is 5. The minimum absolute atomic E-state index is 0.0407. The van der Waals surface area contributed by atoms with Crippen molar-refractivity contribution in [1.29, 1.82) is 0 Å². The largest absolute Gasteiger partial charge is 0.493 e. The van der Waals surface area contributed by atoms with Crippen LogP contribution in [0.4, 0.5) is 5.82 Å². The third-order valence-corrected chi connectivity index (χ3v) is 5.70. The molecule has 0 N–H and O–H groups in total. The van der Waals surface area contributed by atoms with E-state index in [1.165, 1.54) is 0 Å². The van der Waals surface area contributed by atoms with Crippen LogP contribution in [-0.2, 0) is 6.42 Å². The number of ether oxygens (including phenoxy) is 2. The summed E-state index contributed by atoms with van der Waals surface area (Å²) in [7, 11) is 3.20. The Hall–Kier alpha value is -3.28. The zero-order valence-corrected chi connectivity index (χ0v) is 17.7. The van der Waals surface area contributed by atoms with E-state index >= 15 is 0 Å². The lowest BCUT2D eigenvalue weighted by atomic mass is 10.0. The minimum Gasteiger partial charge on any atom is -0.493 e. The highest BCUT2D eigenvalue weighted by Crippen LogP contribution is 2.32. The average Bonchev–Trinajstić information content (AvgIpc) is 2.82. The number of hydrogen-bond donors (Lipinski definition) is 0. The lowest BCUT2D eigenvalue weighted by molar-refractivity contribution is 0.0745. The molecule has 2 aromatic carbocycles. The predicted molar refractivity (Wildman–Crippen MR) is 119 cm³/mol. The average molecular weight is 405 g/mol. The third kappa shape index (κ3) is 3.77. The lowest BCUT2D eigenvalue weighted by Gasteiger charge is -2.36. The van der Waals surface area contributed by atoms with Crippen LogP contribution in [0, 0.1) is 0 Å². The number of pyridine rings is 1. The van der Waals surface area contributed by atoms with Gasteiger partial charge in [0.1, 0.15) is 5.82 Å². The Morgan fingerprint density at radius 3 is 2.37 bits per heavy atom. The molecule has 0 unspecified atom stereocenters. The standard InChI is InChI=1S/C24H27N3O3/c1-4-17-15-21(29-2)22(30-3)16-19(17)24(28)27-13-11-26(12-14-27)23-10-9-18-7-5-6-8-20(18)25-23/h5-10,15-16H,4,11-14H2,1-3H3. The van der Waals surface area contributed by atoms with Crippen molar-refractivity contribution in [2.45, 2.75) is 13.3 Å². The molecule has 1 aliphatic heterocycles. The number of piperazine rings is 1. The lowest BCUT2D eigenvalue weighted by Crippen LogP contribution is -2.49. The number of rotatable bonds is 5. The van der Waals surface area contributed by atoms with Gasteiger partial charge < -0.3 is 19.3 Å². The van der Waals surface area contributed by atoms with Crippen LogP contribution >= 0.6 is 0 Å². The number of benzene rings is 2. The van der Waals surface area contributed by atoms with E-state index in [0.29, 0.717) is 30.2 Å². The van der Waals surface area contributed by atoms with Crippen LogP contribution in [0.1, 0.15) is 22.8 Å². The van der Waals surface area contributed by atoms with Gasteiger partial charge in [-0.25, -0.2) is 4.98 Å². The summed E-state index contributed by atoms with van der Waals surface area (Å²) in [5.74, 6) is 2.23. The number of para-hydroxylation sites is 1. The van der Waals surface area contributed by atoms with Crippen molar-refractivity contribution in [3.8, 4) is 11.5 Å². The Balaban J connectivity index is 1.50. The zero-order valence-electron chi connectivity index (χ0n) is 17.7. The molecule has 1 aliphatic rings. The van der Waals surface area contributed by atoms with Gasteiger partial charge in [-0.1, -0.05) is 25.1 Å². The van der Waals surface area contributed by atoms with Crippen molar-refractivity contribution in [3.05, 3.63) is 59.7 Å². The fraction of sp³-hybridized carbons (Fsp3) is 0.333. The molecule has 0 spiro atoms. The molecular weight excluding hydrogens is 378 g/mol. The van der Waals surface area contributed by atoms with Crippen LogP contribution in [0.15, 0.2) is 48.5 Å². The van der Waals surface area contributed by atoms with Crippen molar-refractivity contribution in [1.82, 2.24) is 9.88 Å². The first kappa shape index (κ1) is 20.0. The van der Waals surface area contributed by atoms with Gasteiger partial charge in [0.15, 0.2) is 11.5 Å². The summed E-state index contributed by atoms with van der Waals surface area (Å²) in [6.45, 7) is 4.87. The molecule has 1 aromatic heterocycles. The number of anilines is 1. The maximum Gasteiger partial charge on any atom is 0.254 e. The van der Waals surface area contributed by atoms with E-state index < -0.39 is 0 Å². The van der Waals surface area contributed by atoms with Crippen molar-refractivity contribution in [3.63, 3.8) is 0 Å². The second kappa shape index (κ2) is 8.61. The van der Waals surface area contributed by atoms with Crippen molar-refractivity contribution in [2.75, 3.05) is 45.3 Å². The fourth-order valence-electron chi connectivity index (χ4n) is 3.95. The maximum atomic E-state index is 13.3. The van der Waals surface area contributed by atoms with E-state index in [2.05, 4.69) is 23.1 Å². The molecule has 1 saturated heterocycles. The molecule has 0 saturated carbocycles. The second-order valence-electron chi connectivity index (χ2n) is 7.36. The van der Waals surface area contributed by atoms with Gasteiger partial charge >= 0.3 is 0 Å². The Labute approximate surface area is 177 Å². The quantitative estimate of drug-likeness (QED) is 0.647. The fourth-order valence-corrected chi connectivity index (χ4v) is 3.95. The highest BCUT2D eigenvalue weighted by Gasteiger charge is 2.25. The molecule has 6 heteroatoms. The van der Waals surface area contributed by atoms with Gasteiger partial charge in [-0.05, 0) is 42.3 Å². The number of nitrogens with zero attached hydrogens (tertiary/aromatic N) is 3. The normalized spacial score (nSPS) is 14.1. The highest BCUT2D eigenvalue weighted by atomic mass is 16.5. The summed E-state index contributed by atoms with van der Waals surface area (Å²) in [5, 5.41) is 1.13. The summed E-state index contributed by atoms with van der Waals surface area (Å²) >= 11 is 0. The first-order chi connectivity index (χ1) is 14.6. The molecule has 2 heterocycles. The summed E-state index contributed by atoms with van der Waals surface area (Å²) in [5.41, 5.74) is 2.65. The molecule has 3 aromatic rings. The molecular formula is C24H27N3O3. The third-order valence-electron chi connectivity index (χ3n) is 5.70. The topological polar surface area (TPSA) is 54.9 Å². The smallest absolute Gasteiger partial charge is 0.254 e. The van der Waals surface area contributed by atoms with Crippen molar-refractivity contribution in [2.24, 2.45) is 0 Å². The molecule has 30 heavy (non-hydrogen) atoms. The first-order valence-corrected chi connectivity index (χ1v) is 10.3. The number of aryl methyl sites for hydroxylation is 1. The van der Waals surface area contributed by atoms with Crippen LogP contribution in [0.3, 0.4) is 0 Å². The van der Waals surface area contributed by atoms with Crippen LogP contribution < -0.4 is 14.4 Å². The number of aromatic nitrogens is 1. The monoisotopic (exact) mass is 405 g/mol. The number of carbonyl (C=O) groups excluding carboxylic acids is 1. The molecule has 1 amide bonds. The van der Waals surface area contributed by atoms with Gasteiger partial charge in [0.25, 0.3) is 5.91 Å². The molecule has 0 atom stereocenters. The summed E-state index contributed by atoms with van der Waals surface area (Å²) < 4.78 is 10.8. The van der Waals surface area contributed by atoms with Gasteiger partial charge in [-0.15, -0.1) is 0 Å². The molecule has 4 rings (SSSR count). The molecule has 0 radical (unpaired) electrons. The second-order valence-corrected chi connectivity index (χ2v) is 7.36. The summed E-state index contributed by atoms with van der Waals surface area (Å²) in [4.78, 5) is 22.2. The van der Waals surface area contributed by atoms with Crippen molar-refractivity contribution < 1.29 is 14.3 Å². The Kier molecular flexibility index (Phi) is 5.74. The number of amides is 1. The predicted octanol–water partition coefficient (Wildman–Crippen LogP) is 3.78. The van der Waals surface area contributed by atoms with Gasteiger partial charge in [0.2, 0.25) is 0 Å². The zero-order chi connectivity index (χ0) is 21.1. The summed E-state index contributed by atoms with van der Waals surface area (Å²) in [6, 6.07) is 16.0. The van der Waals surface area contributed by atoms with Crippen molar-refractivity contribution >= 4 is 22.6 Å². The Morgan fingerprint density at radius 2 is 1.67 bits per heavy atom. The van der Waals surface area contributed by atoms with E-state index in [1.54, 1.807) is 20.3 Å². The highest BCUT2D eigenvalue weighted by molar-refractivity contribution is 5.96. The van der Waals surface area contributed by atoms with Crippen LogP contribution in [0.2, 0.25) is 0 Å². The molecule has 1 fully saturated rings. The van der Waals surface area contributed by atoms with E-state index in [1.807, 2.05) is 36.1 Å². The summed E-state index contributed by atoms with van der Waals surface area (Å²) in [6.07, 6.45) is 0.752. The van der Waals surface area contributed by atoms with Gasteiger partial charge in [0, 0.05) is 37.1 Å². The first-order valence-electron chi connectivity index (χ1n) is 10.3. The van der Waals surface area contributed by atoms with E-state index in [4.69, 9.17) is 14.5 Å². The molecule has 6 nitrogen and oxygen atoms in total. The molecule has 0 bridgehead atoms. The van der Waals surface area contributed by atoms with E-state index in [9.17, 15) is 4.79 Å². The number of carbonyl (C=O) groups is 1. The van der Waals surface area contributed by atoms with Crippen LogP contribution in [-0.4, -0.2) is 56.2 Å².